The number of nitrogens with zero attached hydrogens (tertiary/aromatic N) is 2. The van der Waals surface area contributed by atoms with Crippen molar-refractivity contribution in [1.82, 2.24) is 9.78 Å². The SMILES string of the molecule is CCC(C(=O)Nc1cc(C(C)C)c(O)cc1C)n1cc(Br)cn1. The number of rotatable bonds is 5. The maximum Gasteiger partial charge on any atom is 0.249 e. The fourth-order valence-corrected chi connectivity index (χ4v) is 2.80. The van der Waals surface area contributed by atoms with Crippen LogP contribution >= 0.6 is 15.9 Å². The predicted octanol–water partition coefficient (Wildman–Crippen LogP) is 4.37. The van der Waals surface area contributed by atoms with Crippen molar-refractivity contribution in [2.24, 2.45) is 0 Å². The van der Waals surface area contributed by atoms with Crippen LogP contribution < -0.4 is 5.32 Å². The van der Waals surface area contributed by atoms with Crippen molar-refractivity contribution in [2.45, 2.75) is 46.1 Å². The summed E-state index contributed by atoms with van der Waals surface area (Å²) in [6.07, 6.45) is 4.09. The summed E-state index contributed by atoms with van der Waals surface area (Å²) in [5.74, 6) is 0.320. The first-order chi connectivity index (χ1) is 10.8. The zero-order valence-electron chi connectivity index (χ0n) is 13.8. The van der Waals surface area contributed by atoms with Gasteiger partial charge in [-0.25, -0.2) is 0 Å². The Labute approximate surface area is 144 Å². The zero-order chi connectivity index (χ0) is 17.1. The lowest BCUT2D eigenvalue weighted by atomic mass is 9.99. The number of phenols is 1. The molecule has 2 rings (SSSR count). The Balaban J connectivity index is 2.27. The molecule has 0 radical (unpaired) electrons. The van der Waals surface area contributed by atoms with E-state index in [1.165, 1.54) is 0 Å². The van der Waals surface area contributed by atoms with Gasteiger partial charge in [-0.15, -0.1) is 0 Å². The topological polar surface area (TPSA) is 67.2 Å². The predicted molar refractivity (Wildman–Crippen MR) is 94.8 cm³/mol. The molecule has 0 fully saturated rings. The smallest absolute Gasteiger partial charge is 0.249 e. The minimum absolute atomic E-state index is 0.119. The fourth-order valence-electron chi connectivity index (χ4n) is 2.50. The highest BCUT2D eigenvalue weighted by Crippen LogP contribution is 2.31. The lowest BCUT2D eigenvalue weighted by molar-refractivity contribution is -0.119. The molecule has 0 aliphatic carbocycles. The van der Waals surface area contributed by atoms with Crippen LogP contribution in [0.4, 0.5) is 5.69 Å². The van der Waals surface area contributed by atoms with Gasteiger partial charge in [0.25, 0.3) is 0 Å². The monoisotopic (exact) mass is 379 g/mol. The number of phenolic OH excluding ortho intramolecular Hbond substituents is 1. The van der Waals surface area contributed by atoms with E-state index in [2.05, 4.69) is 26.3 Å². The molecule has 124 valence electrons. The number of aryl methyl sites for hydroxylation is 1. The second kappa shape index (κ2) is 7.17. The van der Waals surface area contributed by atoms with Crippen molar-refractivity contribution in [3.05, 3.63) is 40.1 Å². The minimum Gasteiger partial charge on any atom is -0.508 e. The molecule has 2 N–H and O–H groups in total. The third-order valence-electron chi connectivity index (χ3n) is 3.83. The van der Waals surface area contributed by atoms with Gasteiger partial charge >= 0.3 is 0 Å². The molecule has 2 aromatic rings. The first-order valence-electron chi connectivity index (χ1n) is 7.67. The van der Waals surface area contributed by atoms with Gasteiger partial charge in [0.2, 0.25) is 5.91 Å². The van der Waals surface area contributed by atoms with Crippen LogP contribution in [0.5, 0.6) is 5.75 Å². The summed E-state index contributed by atoms with van der Waals surface area (Å²) in [7, 11) is 0. The van der Waals surface area contributed by atoms with Gasteiger partial charge in [0.15, 0.2) is 0 Å². The zero-order valence-corrected chi connectivity index (χ0v) is 15.4. The fraction of sp³-hybridized carbons (Fsp3) is 0.412. The van der Waals surface area contributed by atoms with E-state index in [4.69, 9.17) is 0 Å². The first kappa shape index (κ1) is 17.5. The van der Waals surface area contributed by atoms with Crippen LogP contribution in [0.15, 0.2) is 29.0 Å². The molecule has 5 nitrogen and oxygen atoms in total. The normalized spacial score (nSPS) is 12.4. The molecule has 1 unspecified atom stereocenters. The molecule has 0 spiro atoms. The molecule has 1 heterocycles. The number of carbonyl (C=O) groups is 1. The highest BCUT2D eigenvalue weighted by atomic mass is 79.9. The summed E-state index contributed by atoms with van der Waals surface area (Å²) >= 11 is 3.35. The van der Waals surface area contributed by atoms with Gasteiger partial charge in [-0.1, -0.05) is 20.8 Å². The lowest BCUT2D eigenvalue weighted by Gasteiger charge is -2.18. The largest absolute Gasteiger partial charge is 0.508 e. The number of anilines is 1. The maximum atomic E-state index is 12.6. The van der Waals surface area contributed by atoms with Crippen molar-refractivity contribution >= 4 is 27.5 Å². The van der Waals surface area contributed by atoms with Crippen molar-refractivity contribution in [3.63, 3.8) is 0 Å². The summed E-state index contributed by atoms with van der Waals surface area (Å²) in [5, 5.41) is 17.2. The highest BCUT2D eigenvalue weighted by Gasteiger charge is 2.21. The van der Waals surface area contributed by atoms with Crippen LogP contribution in [0.1, 0.15) is 50.3 Å². The summed E-state index contributed by atoms with van der Waals surface area (Å²) in [4.78, 5) is 12.6. The van der Waals surface area contributed by atoms with E-state index in [0.29, 0.717) is 6.42 Å². The molecule has 0 saturated heterocycles. The molecule has 1 aromatic carbocycles. The number of hydrogen-bond donors (Lipinski definition) is 2. The highest BCUT2D eigenvalue weighted by molar-refractivity contribution is 9.10. The van der Waals surface area contributed by atoms with Crippen LogP contribution in [0.25, 0.3) is 0 Å². The van der Waals surface area contributed by atoms with E-state index >= 15 is 0 Å². The van der Waals surface area contributed by atoms with E-state index in [1.807, 2.05) is 33.8 Å². The van der Waals surface area contributed by atoms with Crippen LogP contribution in [0.2, 0.25) is 0 Å². The van der Waals surface area contributed by atoms with Gasteiger partial charge in [0.1, 0.15) is 11.8 Å². The number of hydrogen-bond acceptors (Lipinski definition) is 3. The van der Waals surface area contributed by atoms with Gasteiger partial charge < -0.3 is 10.4 Å². The third kappa shape index (κ3) is 3.93. The number of aromatic hydroxyl groups is 1. The van der Waals surface area contributed by atoms with E-state index in [0.717, 1.165) is 21.3 Å². The van der Waals surface area contributed by atoms with Gasteiger partial charge in [-0.2, -0.15) is 5.10 Å². The maximum absolute atomic E-state index is 12.6. The first-order valence-corrected chi connectivity index (χ1v) is 8.46. The molecule has 0 saturated carbocycles. The van der Waals surface area contributed by atoms with Crippen molar-refractivity contribution in [3.8, 4) is 5.75 Å². The summed E-state index contributed by atoms with van der Waals surface area (Å²) < 4.78 is 2.49. The van der Waals surface area contributed by atoms with E-state index in [-0.39, 0.29) is 23.6 Å². The van der Waals surface area contributed by atoms with E-state index in [9.17, 15) is 9.90 Å². The van der Waals surface area contributed by atoms with Crippen LogP contribution in [0, 0.1) is 6.92 Å². The number of benzene rings is 1. The van der Waals surface area contributed by atoms with Gasteiger partial charge in [-0.05, 0) is 58.5 Å². The number of halogens is 1. The Morgan fingerprint density at radius 2 is 2.13 bits per heavy atom. The second-order valence-corrected chi connectivity index (χ2v) is 6.85. The molecule has 0 bridgehead atoms. The molecule has 0 aliphatic rings. The Bertz CT molecular complexity index is 710. The van der Waals surface area contributed by atoms with Crippen LogP contribution in [0.3, 0.4) is 0 Å². The van der Waals surface area contributed by atoms with Crippen LogP contribution in [-0.4, -0.2) is 20.8 Å². The Hall–Kier alpha value is -1.82. The van der Waals surface area contributed by atoms with Gasteiger partial charge in [0.05, 0.1) is 10.7 Å². The molecule has 1 aromatic heterocycles. The number of nitrogens with one attached hydrogen (secondary N) is 1. The van der Waals surface area contributed by atoms with E-state index in [1.54, 1.807) is 23.1 Å². The van der Waals surface area contributed by atoms with Crippen LogP contribution in [-0.2, 0) is 4.79 Å². The average molecular weight is 380 g/mol. The molecular formula is C17H22BrN3O2. The average Bonchev–Trinajstić information content (AvgIpc) is 2.88. The van der Waals surface area contributed by atoms with E-state index < -0.39 is 0 Å². The molecule has 1 atom stereocenters. The third-order valence-corrected chi connectivity index (χ3v) is 4.24. The Morgan fingerprint density at radius 1 is 1.43 bits per heavy atom. The van der Waals surface area contributed by atoms with Crippen molar-refractivity contribution in [2.75, 3.05) is 5.32 Å². The second-order valence-electron chi connectivity index (χ2n) is 5.93. The standard InChI is InChI=1S/C17H22BrN3O2/c1-5-15(21-9-12(18)8-19-21)17(23)20-14-7-13(10(2)3)16(22)6-11(14)4/h6-10,15,22H,5H2,1-4H3,(H,20,23). The number of aromatic nitrogens is 2. The molecular weight excluding hydrogens is 358 g/mol. The molecule has 0 aliphatic heterocycles. The Morgan fingerprint density at radius 3 is 2.65 bits per heavy atom. The van der Waals surface area contributed by atoms with Crippen molar-refractivity contribution < 1.29 is 9.90 Å². The summed E-state index contributed by atoms with van der Waals surface area (Å²) in [5.41, 5.74) is 2.37. The van der Waals surface area contributed by atoms with Crippen molar-refractivity contribution in [1.29, 1.82) is 0 Å². The molecule has 1 amide bonds. The minimum atomic E-state index is -0.378. The summed E-state index contributed by atoms with van der Waals surface area (Å²) in [6.45, 7) is 7.83. The lowest BCUT2D eigenvalue weighted by Crippen LogP contribution is -2.26. The quantitative estimate of drug-likeness (QED) is 0.757. The van der Waals surface area contributed by atoms with Gasteiger partial charge in [-0.3, -0.25) is 9.48 Å². The molecule has 6 heteroatoms. The molecule has 23 heavy (non-hydrogen) atoms. The number of carbonyl (C=O) groups excluding carboxylic acids is 1. The van der Waals surface area contributed by atoms with Gasteiger partial charge in [0, 0.05) is 11.9 Å². The Kier molecular flexibility index (Phi) is 5.46. The summed E-state index contributed by atoms with van der Waals surface area (Å²) in [6, 6.07) is 3.16. The number of amides is 1.